The second-order valence-electron chi connectivity index (χ2n) is 5.39. The van der Waals surface area contributed by atoms with E-state index in [0.717, 1.165) is 19.5 Å². The van der Waals surface area contributed by atoms with E-state index in [1.807, 2.05) is 25.4 Å². The van der Waals surface area contributed by atoms with E-state index in [1.165, 1.54) is 5.56 Å². The fourth-order valence-electron chi connectivity index (χ4n) is 1.78. The summed E-state index contributed by atoms with van der Waals surface area (Å²) in [5.41, 5.74) is 0.548. The third kappa shape index (κ3) is 4.84. The molecule has 0 unspecified atom stereocenters. The summed E-state index contributed by atoms with van der Waals surface area (Å²) < 4.78 is 0. The lowest BCUT2D eigenvalue weighted by atomic mass is 9.88. The second-order valence-corrected chi connectivity index (χ2v) is 5.39. The van der Waals surface area contributed by atoms with Crippen LogP contribution in [0, 0.1) is 5.41 Å². The quantitative estimate of drug-likeness (QED) is 0.807. The molecule has 1 aromatic rings. The van der Waals surface area contributed by atoms with Gasteiger partial charge in [0.15, 0.2) is 0 Å². The van der Waals surface area contributed by atoms with Crippen LogP contribution in [-0.4, -0.2) is 34.6 Å². The average Bonchev–Trinajstić information content (AvgIpc) is 2.29. The molecule has 0 amide bonds. The van der Waals surface area contributed by atoms with Crippen molar-refractivity contribution >= 4 is 5.97 Å². The number of aromatic nitrogens is 1. The molecule has 1 aromatic heterocycles. The van der Waals surface area contributed by atoms with Gasteiger partial charge in [-0.3, -0.25) is 9.78 Å². The number of hydrogen-bond acceptors (Lipinski definition) is 3. The number of carboxylic acids is 1. The summed E-state index contributed by atoms with van der Waals surface area (Å²) in [6.45, 7) is 5.29. The molecule has 4 nitrogen and oxygen atoms in total. The monoisotopic (exact) mass is 250 g/mol. The van der Waals surface area contributed by atoms with Crippen molar-refractivity contribution in [1.82, 2.24) is 9.88 Å². The van der Waals surface area contributed by atoms with Crippen molar-refractivity contribution in [3.8, 4) is 0 Å². The highest BCUT2D eigenvalue weighted by Crippen LogP contribution is 2.22. The minimum atomic E-state index is -0.725. The van der Waals surface area contributed by atoms with Crippen LogP contribution in [0.2, 0.25) is 0 Å². The van der Waals surface area contributed by atoms with Crippen LogP contribution >= 0.6 is 0 Å². The fraction of sp³-hybridized carbons (Fsp3) is 0.571. The molecule has 1 N–H and O–H groups in total. The summed E-state index contributed by atoms with van der Waals surface area (Å²) in [4.78, 5) is 17.2. The van der Waals surface area contributed by atoms with Gasteiger partial charge in [0.25, 0.3) is 0 Å². The number of rotatable bonds is 7. The van der Waals surface area contributed by atoms with Gasteiger partial charge in [0.05, 0.1) is 5.41 Å². The maximum absolute atomic E-state index is 11.0. The van der Waals surface area contributed by atoms with Crippen LogP contribution in [0.15, 0.2) is 24.5 Å². The maximum atomic E-state index is 11.0. The molecular weight excluding hydrogens is 228 g/mol. The molecule has 0 fully saturated rings. The molecule has 0 saturated heterocycles. The van der Waals surface area contributed by atoms with Crippen LogP contribution in [-0.2, 0) is 11.3 Å². The van der Waals surface area contributed by atoms with Crippen LogP contribution in [0.25, 0.3) is 0 Å². The number of carboxylic acid groups (broad SMARTS) is 1. The largest absolute Gasteiger partial charge is 0.481 e. The van der Waals surface area contributed by atoms with E-state index >= 15 is 0 Å². The standard InChI is InChI=1S/C14H22N2O2/c1-14(2,13(17)18)7-5-9-16(3)11-12-6-4-8-15-10-12/h4,6,8,10H,5,7,9,11H2,1-3H3,(H,17,18). The molecule has 0 saturated carbocycles. The Balaban J connectivity index is 2.30. The lowest BCUT2D eigenvalue weighted by Crippen LogP contribution is -2.26. The lowest BCUT2D eigenvalue weighted by Gasteiger charge is -2.21. The fourth-order valence-corrected chi connectivity index (χ4v) is 1.78. The summed E-state index contributed by atoms with van der Waals surface area (Å²) in [6.07, 6.45) is 5.20. The molecule has 0 radical (unpaired) electrons. The number of hydrogen-bond donors (Lipinski definition) is 1. The van der Waals surface area contributed by atoms with Gasteiger partial charge in [-0.05, 0) is 51.9 Å². The average molecular weight is 250 g/mol. The maximum Gasteiger partial charge on any atom is 0.309 e. The van der Waals surface area contributed by atoms with Crippen molar-refractivity contribution < 1.29 is 9.90 Å². The third-order valence-corrected chi connectivity index (χ3v) is 3.10. The SMILES string of the molecule is CN(CCCC(C)(C)C(=O)O)Cc1cccnc1. The Morgan fingerprint density at radius 3 is 2.78 bits per heavy atom. The second kappa shape index (κ2) is 6.50. The Morgan fingerprint density at radius 1 is 1.50 bits per heavy atom. The Bertz CT molecular complexity index is 377. The highest BCUT2D eigenvalue weighted by molar-refractivity contribution is 5.73. The van der Waals surface area contributed by atoms with Gasteiger partial charge < -0.3 is 10.0 Å². The topological polar surface area (TPSA) is 53.4 Å². The molecule has 100 valence electrons. The Hall–Kier alpha value is -1.42. The van der Waals surface area contributed by atoms with Gasteiger partial charge in [-0.1, -0.05) is 6.07 Å². The molecule has 18 heavy (non-hydrogen) atoms. The Labute approximate surface area is 109 Å². The van der Waals surface area contributed by atoms with Gasteiger partial charge in [0, 0.05) is 18.9 Å². The zero-order valence-corrected chi connectivity index (χ0v) is 11.4. The minimum Gasteiger partial charge on any atom is -0.481 e. The predicted octanol–water partition coefficient (Wildman–Crippen LogP) is 2.40. The Kier molecular flexibility index (Phi) is 5.28. The first-order chi connectivity index (χ1) is 8.42. The number of pyridine rings is 1. The van der Waals surface area contributed by atoms with Gasteiger partial charge in [-0.25, -0.2) is 0 Å². The summed E-state index contributed by atoms with van der Waals surface area (Å²) in [5.74, 6) is -0.725. The van der Waals surface area contributed by atoms with Crippen LogP contribution in [0.5, 0.6) is 0 Å². The number of carbonyl (C=O) groups is 1. The van der Waals surface area contributed by atoms with Gasteiger partial charge in [0.2, 0.25) is 0 Å². The van der Waals surface area contributed by atoms with Crippen LogP contribution in [0.1, 0.15) is 32.3 Å². The summed E-state index contributed by atoms with van der Waals surface area (Å²) >= 11 is 0. The van der Waals surface area contributed by atoms with E-state index < -0.39 is 11.4 Å². The van der Waals surface area contributed by atoms with E-state index in [0.29, 0.717) is 6.42 Å². The van der Waals surface area contributed by atoms with E-state index in [1.54, 1.807) is 20.0 Å². The highest BCUT2D eigenvalue weighted by atomic mass is 16.4. The molecule has 1 heterocycles. The normalized spacial score (nSPS) is 11.8. The Morgan fingerprint density at radius 2 is 2.22 bits per heavy atom. The zero-order valence-electron chi connectivity index (χ0n) is 11.4. The van der Waals surface area contributed by atoms with E-state index in [4.69, 9.17) is 5.11 Å². The molecule has 0 aromatic carbocycles. The lowest BCUT2D eigenvalue weighted by molar-refractivity contribution is -0.147. The van der Waals surface area contributed by atoms with Crippen molar-refractivity contribution in [1.29, 1.82) is 0 Å². The van der Waals surface area contributed by atoms with E-state index in [-0.39, 0.29) is 0 Å². The van der Waals surface area contributed by atoms with Crippen LogP contribution in [0.4, 0.5) is 0 Å². The highest BCUT2D eigenvalue weighted by Gasteiger charge is 2.26. The summed E-state index contributed by atoms with van der Waals surface area (Å²) in [5, 5.41) is 9.02. The molecular formula is C14H22N2O2. The summed E-state index contributed by atoms with van der Waals surface area (Å²) in [7, 11) is 2.04. The number of nitrogens with zero attached hydrogens (tertiary/aromatic N) is 2. The first-order valence-electron chi connectivity index (χ1n) is 6.22. The summed E-state index contributed by atoms with van der Waals surface area (Å²) in [6, 6.07) is 3.97. The molecule has 0 aliphatic heterocycles. The molecule has 0 aliphatic carbocycles. The van der Waals surface area contributed by atoms with E-state index in [2.05, 4.69) is 9.88 Å². The molecule has 4 heteroatoms. The molecule has 0 spiro atoms. The van der Waals surface area contributed by atoms with Gasteiger partial charge in [-0.2, -0.15) is 0 Å². The number of aliphatic carboxylic acids is 1. The van der Waals surface area contributed by atoms with Crippen molar-refractivity contribution in [2.75, 3.05) is 13.6 Å². The zero-order chi connectivity index (χ0) is 13.6. The van der Waals surface area contributed by atoms with Crippen molar-refractivity contribution in [2.24, 2.45) is 5.41 Å². The van der Waals surface area contributed by atoms with Crippen molar-refractivity contribution in [3.05, 3.63) is 30.1 Å². The van der Waals surface area contributed by atoms with Gasteiger partial charge >= 0.3 is 5.97 Å². The molecule has 0 aliphatic rings. The van der Waals surface area contributed by atoms with Crippen molar-refractivity contribution in [3.63, 3.8) is 0 Å². The smallest absolute Gasteiger partial charge is 0.309 e. The van der Waals surface area contributed by atoms with Crippen molar-refractivity contribution in [2.45, 2.75) is 33.2 Å². The first-order valence-corrected chi connectivity index (χ1v) is 6.22. The molecule has 0 bridgehead atoms. The van der Waals surface area contributed by atoms with Gasteiger partial charge in [0.1, 0.15) is 0 Å². The van der Waals surface area contributed by atoms with Crippen LogP contribution < -0.4 is 0 Å². The minimum absolute atomic E-state index is 0.630. The molecule has 1 rings (SSSR count). The van der Waals surface area contributed by atoms with Crippen LogP contribution in [0.3, 0.4) is 0 Å². The van der Waals surface area contributed by atoms with E-state index in [9.17, 15) is 4.79 Å². The first kappa shape index (κ1) is 14.6. The van der Waals surface area contributed by atoms with Gasteiger partial charge in [-0.15, -0.1) is 0 Å². The predicted molar refractivity (Wildman–Crippen MR) is 71.2 cm³/mol. The molecule has 0 atom stereocenters. The third-order valence-electron chi connectivity index (χ3n) is 3.10.